The summed E-state index contributed by atoms with van der Waals surface area (Å²) in [4.78, 5) is 28.5. The molecule has 0 radical (unpaired) electrons. The summed E-state index contributed by atoms with van der Waals surface area (Å²) in [6.07, 6.45) is 4.52. The molecule has 0 saturated heterocycles. The molecule has 9 heteroatoms. The molecule has 0 aliphatic heterocycles. The van der Waals surface area contributed by atoms with Gasteiger partial charge in [0.15, 0.2) is 0 Å². The van der Waals surface area contributed by atoms with Crippen molar-refractivity contribution in [1.29, 1.82) is 0 Å². The SMILES string of the molecule is Cc1ccc(S(=O)(=O)N(C)CC(=O)NNC(=O)/C=C/c2cccc3cccnc23)cc1. The van der Waals surface area contributed by atoms with Gasteiger partial charge >= 0.3 is 0 Å². The number of hydrogen-bond acceptors (Lipinski definition) is 5. The summed E-state index contributed by atoms with van der Waals surface area (Å²) in [6.45, 7) is 1.40. The predicted molar refractivity (Wildman–Crippen MR) is 118 cm³/mol. The Labute approximate surface area is 180 Å². The lowest BCUT2D eigenvalue weighted by atomic mass is 10.1. The molecule has 0 bridgehead atoms. The Morgan fingerprint density at radius 2 is 1.74 bits per heavy atom. The van der Waals surface area contributed by atoms with Crippen molar-refractivity contribution in [3.8, 4) is 0 Å². The molecule has 0 aliphatic carbocycles. The molecule has 0 aliphatic rings. The summed E-state index contributed by atoms with van der Waals surface area (Å²) in [5.74, 6) is -1.24. The minimum absolute atomic E-state index is 0.0871. The van der Waals surface area contributed by atoms with Gasteiger partial charge < -0.3 is 0 Å². The molecule has 2 N–H and O–H groups in total. The lowest BCUT2D eigenvalue weighted by Gasteiger charge is -2.17. The molecule has 160 valence electrons. The fourth-order valence-electron chi connectivity index (χ4n) is 2.82. The van der Waals surface area contributed by atoms with Gasteiger partial charge in [-0.25, -0.2) is 8.42 Å². The zero-order valence-electron chi connectivity index (χ0n) is 17.1. The fraction of sp³-hybridized carbons (Fsp3) is 0.136. The first-order valence-electron chi connectivity index (χ1n) is 9.41. The van der Waals surface area contributed by atoms with Gasteiger partial charge in [0.25, 0.3) is 11.8 Å². The molecule has 8 nitrogen and oxygen atoms in total. The number of benzene rings is 2. The summed E-state index contributed by atoms with van der Waals surface area (Å²) in [5.41, 5.74) is 6.88. The van der Waals surface area contributed by atoms with Crippen molar-refractivity contribution in [3.63, 3.8) is 0 Å². The predicted octanol–water partition coefficient (Wildman–Crippen LogP) is 2.02. The number of hydrogen-bond donors (Lipinski definition) is 2. The second-order valence-corrected chi connectivity index (χ2v) is 8.91. The number of nitrogens with one attached hydrogen (secondary N) is 2. The molecule has 0 unspecified atom stereocenters. The van der Waals surface area contributed by atoms with E-state index in [-0.39, 0.29) is 4.90 Å². The highest BCUT2D eigenvalue weighted by Gasteiger charge is 2.22. The number of fused-ring (bicyclic) bond motifs is 1. The van der Waals surface area contributed by atoms with E-state index in [2.05, 4.69) is 15.8 Å². The third-order valence-corrected chi connectivity index (χ3v) is 6.32. The van der Waals surface area contributed by atoms with Crippen molar-refractivity contribution in [3.05, 3.63) is 78.0 Å². The van der Waals surface area contributed by atoms with E-state index in [0.29, 0.717) is 0 Å². The Balaban J connectivity index is 1.56. The maximum atomic E-state index is 12.5. The van der Waals surface area contributed by atoms with Crippen LogP contribution in [-0.4, -0.2) is 43.1 Å². The van der Waals surface area contributed by atoms with Crippen molar-refractivity contribution < 1.29 is 18.0 Å². The van der Waals surface area contributed by atoms with Gasteiger partial charge in [0.05, 0.1) is 17.0 Å². The van der Waals surface area contributed by atoms with Gasteiger partial charge in [-0.1, -0.05) is 42.0 Å². The third kappa shape index (κ3) is 5.53. The molecular weight excluding hydrogens is 416 g/mol. The molecule has 0 saturated carbocycles. The number of carbonyl (C=O) groups excluding carboxylic acids is 2. The number of nitrogens with zero attached hydrogens (tertiary/aromatic N) is 2. The summed E-state index contributed by atoms with van der Waals surface area (Å²) < 4.78 is 26.0. The van der Waals surface area contributed by atoms with Crippen LogP contribution in [0, 0.1) is 6.92 Å². The molecule has 3 rings (SSSR count). The van der Waals surface area contributed by atoms with Gasteiger partial charge in [-0.15, -0.1) is 0 Å². The third-order valence-electron chi connectivity index (χ3n) is 4.50. The second kappa shape index (κ2) is 9.50. The van der Waals surface area contributed by atoms with Crippen LogP contribution in [0.1, 0.15) is 11.1 Å². The smallest absolute Gasteiger partial charge is 0.262 e. The van der Waals surface area contributed by atoms with E-state index < -0.39 is 28.4 Å². The minimum Gasteiger partial charge on any atom is -0.272 e. The molecule has 0 fully saturated rings. The van der Waals surface area contributed by atoms with E-state index >= 15 is 0 Å². The average Bonchev–Trinajstić information content (AvgIpc) is 2.76. The van der Waals surface area contributed by atoms with Gasteiger partial charge in [0.2, 0.25) is 10.0 Å². The van der Waals surface area contributed by atoms with Gasteiger partial charge in [-0.2, -0.15) is 4.31 Å². The van der Waals surface area contributed by atoms with E-state index in [1.807, 2.05) is 37.3 Å². The van der Waals surface area contributed by atoms with Crippen LogP contribution in [0.25, 0.3) is 17.0 Å². The number of amides is 2. The lowest BCUT2D eigenvalue weighted by Crippen LogP contribution is -2.46. The number of carbonyl (C=O) groups is 2. The van der Waals surface area contributed by atoms with Crippen molar-refractivity contribution in [1.82, 2.24) is 20.1 Å². The number of aryl methyl sites for hydroxylation is 1. The van der Waals surface area contributed by atoms with E-state index in [1.54, 1.807) is 24.4 Å². The number of sulfonamides is 1. The van der Waals surface area contributed by atoms with Crippen molar-refractivity contribution in [2.24, 2.45) is 0 Å². The van der Waals surface area contributed by atoms with E-state index in [9.17, 15) is 18.0 Å². The molecule has 0 spiro atoms. The number of para-hydroxylation sites is 1. The van der Waals surface area contributed by atoms with Crippen molar-refractivity contribution in [2.45, 2.75) is 11.8 Å². The Bertz CT molecular complexity index is 1230. The molecule has 2 aromatic carbocycles. The Kier molecular flexibility index (Phi) is 6.78. The number of likely N-dealkylation sites (N-methyl/N-ethyl adjacent to an activating group) is 1. The van der Waals surface area contributed by atoms with Gasteiger partial charge in [0.1, 0.15) is 0 Å². The fourth-order valence-corrected chi connectivity index (χ4v) is 3.94. The molecule has 0 atom stereocenters. The van der Waals surface area contributed by atoms with Crippen LogP contribution in [0.15, 0.2) is 71.8 Å². The zero-order valence-corrected chi connectivity index (χ0v) is 17.9. The molecule has 2 amide bonds. The highest BCUT2D eigenvalue weighted by Crippen LogP contribution is 2.17. The lowest BCUT2D eigenvalue weighted by molar-refractivity contribution is -0.126. The normalized spacial score (nSPS) is 11.7. The highest BCUT2D eigenvalue weighted by molar-refractivity contribution is 7.89. The molecule has 31 heavy (non-hydrogen) atoms. The number of aromatic nitrogens is 1. The summed E-state index contributed by atoms with van der Waals surface area (Å²) in [5, 5.41) is 0.941. The summed E-state index contributed by atoms with van der Waals surface area (Å²) in [7, 11) is -2.52. The molecule has 1 aromatic heterocycles. The quantitative estimate of drug-likeness (QED) is 0.452. The second-order valence-electron chi connectivity index (χ2n) is 6.87. The number of rotatable bonds is 6. The summed E-state index contributed by atoms with van der Waals surface area (Å²) >= 11 is 0. The van der Waals surface area contributed by atoms with Crippen LogP contribution in [-0.2, 0) is 19.6 Å². The van der Waals surface area contributed by atoms with Crippen LogP contribution in [0.5, 0.6) is 0 Å². The van der Waals surface area contributed by atoms with Crippen LogP contribution < -0.4 is 10.9 Å². The minimum atomic E-state index is -3.82. The molecule has 3 aromatic rings. The Morgan fingerprint density at radius 1 is 1.03 bits per heavy atom. The largest absolute Gasteiger partial charge is 0.272 e. The van der Waals surface area contributed by atoms with Crippen LogP contribution >= 0.6 is 0 Å². The topological polar surface area (TPSA) is 108 Å². The van der Waals surface area contributed by atoms with Crippen LogP contribution in [0.2, 0.25) is 0 Å². The van der Waals surface area contributed by atoms with Gasteiger partial charge in [0, 0.05) is 30.3 Å². The first-order chi connectivity index (χ1) is 14.8. The van der Waals surface area contributed by atoms with Gasteiger partial charge in [-0.05, 0) is 31.2 Å². The standard InChI is InChI=1S/C22H22N4O4S/c1-16-8-11-19(12-9-16)31(29,30)26(2)15-21(28)25-24-20(27)13-10-18-6-3-5-17-7-4-14-23-22(17)18/h3-14H,15H2,1-2H3,(H,24,27)(H,25,28)/b13-10+. The van der Waals surface area contributed by atoms with E-state index in [4.69, 9.17) is 0 Å². The Morgan fingerprint density at radius 3 is 2.48 bits per heavy atom. The van der Waals surface area contributed by atoms with Crippen LogP contribution in [0.4, 0.5) is 0 Å². The van der Waals surface area contributed by atoms with E-state index in [0.717, 1.165) is 26.3 Å². The molecule has 1 heterocycles. The zero-order chi connectivity index (χ0) is 22.4. The summed E-state index contributed by atoms with van der Waals surface area (Å²) in [6, 6.07) is 15.7. The maximum Gasteiger partial charge on any atom is 0.262 e. The highest BCUT2D eigenvalue weighted by atomic mass is 32.2. The van der Waals surface area contributed by atoms with Crippen molar-refractivity contribution in [2.75, 3.05) is 13.6 Å². The number of pyridine rings is 1. The number of hydrazine groups is 1. The van der Waals surface area contributed by atoms with Gasteiger partial charge in [-0.3, -0.25) is 25.4 Å². The first-order valence-corrected chi connectivity index (χ1v) is 10.8. The average molecular weight is 439 g/mol. The van der Waals surface area contributed by atoms with Crippen LogP contribution in [0.3, 0.4) is 0 Å². The monoisotopic (exact) mass is 438 g/mol. The van der Waals surface area contributed by atoms with Crippen molar-refractivity contribution >= 4 is 38.8 Å². The Hall–Kier alpha value is -3.56. The maximum absolute atomic E-state index is 12.5. The van der Waals surface area contributed by atoms with E-state index in [1.165, 1.54) is 25.3 Å². The molecular formula is C22H22N4O4S. The first kappa shape index (κ1) is 22.1.